The minimum atomic E-state index is -0.440. The fourth-order valence-corrected chi connectivity index (χ4v) is 6.61. The first-order chi connectivity index (χ1) is 22.3. The number of hydrogen-bond donors (Lipinski definition) is 2. The van der Waals surface area contributed by atoms with E-state index in [0.717, 1.165) is 65.7 Å². The molecule has 0 saturated carbocycles. The van der Waals surface area contributed by atoms with E-state index in [-0.39, 0.29) is 0 Å². The van der Waals surface area contributed by atoms with E-state index in [1.807, 2.05) is 64.1 Å². The Hall–Kier alpha value is -6.02. The van der Waals surface area contributed by atoms with Crippen molar-refractivity contribution in [1.29, 1.82) is 0 Å². The molecule has 2 heterocycles. The second-order valence-corrected chi connectivity index (χ2v) is 12.4. The van der Waals surface area contributed by atoms with Crippen LogP contribution in [0.15, 0.2) is 78.9 Å². The monoisotopic (exact) mass is 620 g/mol. The van der Waals surface area contributed by atoms with Gasteiger partial charge in [-0.15, -0.1) is 0 Å². The first-order valence-electron chi connectivity index (χ1n) is 15.3. The first-order valence-corrected chi connectivity index (χ1v) is 15.3. The highest BCUT2D eigenvalue weighted by atomic mass is 16.2. The van der Waals surface area contributed by atoms with Crippen molar-refractivity contribution < 1.29 is 19.2 Å². The number of rotatable bonds is 4. The number of amides is 4. The number of carbonyl (C=O) groups is 4. The lowest BCUT2D eigenvalue weighted by Crippen LogP contribution is -2.31. The van der Waals surface area contributed by atoms with Crippen molar-refractivity contribution >= 4 is 46.4 Å². The number of benzene rings is 5. The molecule has 232 valence electrons. The van der Waals surface area contributed by atoms with E-state index >= 15 is 0 Å². The van der Waals surface area contributed by atoms with Crippen LogP contribution in [-0.4, -0.2) is 23.6 Å². The number of imide groups is 2. The molecular weight excluding hydrogens is 588 g/mol. The SMILES string of the molecule is Cc1cc(N2C(=O)c3ccc(-c4cc(C)c(N)c(C)c4)cc3C2=O)ccc1N1C(=O)c2ccc(-c3cc(C)c(N)c(C)c3)cc2C1=O. The predicted molar refractivity (Wildman–Crippen MR) is 185 cm³/mol. The lowest BCUT2D eigenvalue weighted by molar-refractivity contribution is 0.0909. The van der Waals surface area contributed by atoms with Crippen molar-refractivity contribution in [2.75, 3.05) is 21.3 Å². The van der Waals surface area contributed by atoms with Gasteiger partial charge in [0.25, 0.3) is 23.6 Å². The molecule has 4 N–H and O–H groups in total. The summed E-state index contributed by atoms with van der Waals surface area (Å²) in [6.07, 6.45) is 0. The molecule has 2 aliphatic rings. The number of nitrogen functional groups attached to an aromatic ring is 2. The van der Waals surface area contributed by atoms with Crippen LogP contribution in [0.3, 0.4) is 0 Å². The van der Waals surface area contributed by atoms with Gasteiger partial charge in [-0.1, -0.05) is 12.1 Å². The summed E-state index contributed by atoms with van der Waals surface area (Å²) in [5.41, 5.74) is 23.4. The Kier molecular flexibility index (Phi) is 6.64. The zero-order valence-electron chi connectivity index (χ0n) is 26.7. The van der Waals surface area contributed by atoms with E-state index in [4.69, 9.17) is 11.5 Å². The molecule has 47 heavy (non-hydrogen) atoms. The Morgan fingerprint density at radius 1 is 0.404 bits per heavy atom. The average Bonchev–Trinajstić information content (AvgIpc) is 3.45. The summed E-state index contributed by atoms with van der Waals surface area (Å²) in [7, 11) is 0. The van der Waals surface area contributed by atoms with Gasteiger partial charge >= 0.3 is 0 Å². The van der Waals surface area contributed by atoms with Crippen LogP contribution in [0.5, 0.6) is 0 Å². The van der Waals surface area contributed by atoms with Gasteiger partial charge in [-0.2, -0.15) is 0 Å². The lowest BCUT2D eigenvalue weighted by atomic mass is 9.96. The van der Waals surface area contributed by atoms with Crippen molar-refractivity contribution in [3.05, 3.63) is 129 Å². The Morgan fingerprint density at radius 2 is 0.809 bits per heavy atom. The second-order valence-electron chi connectivity index (χ2n) is 12.4. The van der Waals surface area contributed by atoms with Crippen molar-refractivity contribution in [3.8, 4) is 22.3 Å². The molecular formula is C39H32N4O4. The molecule has 5 aromatic rings. The van der Waals surface area contributed by atoms with Gasteiger partial charge in [-0.05, 0) is 151 Å². The van der Waals surface area contributed by atoms with Crippen LogP contribution in [0.2, 0.25) is 0 Å². The Balaban J connectivity index is 1.18. The smallest absolute Gasteiger partial charge is 0.266 e. The van der Waals surface area contributed by atoms with Gasteiger partial charge in [-0.25, -0.2) is 9.80 Å². The number of carbonyl (C=O) groups excluding carboxylic acids is 4. The summed E-state index contributed by atoms with van der Waals surface area (Å²) in [6, 6.07) is 23.2. The van der Waals surface area contributed by atoms with Gasteiger partial charge < -0.3 is 11.5 Å². The highest BCUT2D eigenvalue weighted by Crippen LogP contribution is 2.38. The van der Waals surface area contributed by atoms with Crippen LogP contribution < -0.4 is 21.3 Å². The van der Waals surface area contributed by atoms with Gasteiger partial charge in [0, 0.05) is 11.4 Å². The molecule has 0 unspecified atom stereocenters. The van der Waals surface area contributed by atoms with Crippen molar-refractivity contribution in [1.82, 2.24) is 0 Å². The highest BCUT2D eigenvalue weighted by Gasteiger charge is 2.40. The quantitative estimate of drug-likeness (QED) is 0.160. The Bertz CT molecular complexity index is 2220. The van der Waals surface area contributed by atoms with E-state index in [2.05, 4.69) is 0 Å². The van der Waals surface area contributed by atoms with Crippen molar-refractivity contribution in [3.63, 3.8) is 0 Å². The first kappa shape index (κ1) is 29.7. The van der Waals surface area contributed by atoms with Crippen LogP contribution in [0.4, 0.5) is 22.7 Å². The topological polar surface area (TPSA) is 127 Å². The van der Waals surface area contributed by atoms with E-state index in [9.17, 15) is 19.2 Å². The van der Waals surface area contributed by atoms with Crippen LogP contribution >= 0.6 is 0 Å². The van der Waals surface area contributed by atoms with Crippen LogP contribution in [0, 0.1) is 34.6 Å². The molecule has 0 aromatic heterocycles. The second kappa shape index (κ2) is 10.5. The number of nitrogens with two attached hydrogens (primary N) is 2. The Morgan fingerprint density at radius 3 is 1.26 bits per heavy atom. The summed E-state index contributed by atoms with van der Waals surface area (Å²) in [5.74, 6) is -1.74. The van der Waals surface area contributed by atoms with Crippen LogP contribution in [-0.2, 0) is 0 Å². The molecule has 2 aliphatic heterocycles. The third-order valence-corrected chi connectivity index (χ3v) is 9.31. The summed E-state index contributed by atoms with van der Waals surface area (Å²) >= 11 is 0. The molecule has 0 bridgehead atoms. The molecule has 4 amide bonds. The molecule has 0 spiro atoms. The normalized spacial score (nSPS) is 13.9. The van der Waals surface area contributed by atoms with E-state index in [1.165, 1.54) is 0 Å². The summed E-state index contributed by atoms with van der Waals surface area (Å²) in [5, 5.41) is 0. The maximum Gasteiger partial charge on any atom is 0.266 e. The summed E-state index contributed by atoms with van der Waals surface area (Å²) < 4.78 is 0. The standard InChI is InChI=1S/C39H32N4O4/c1-19-16-28(42-36(44)29-9-6-24(17-31(29)38(42)46)26-12-20(2)34(40)21(3)13-26)8-11-33(19)43-37(45)30-10-7-25(18-32(30)39(43)47)27-14-22(4)35(41)23(5)15-27/h6-18H,40-41H2,1-5H3. The van der Waals surface area contributed by atoms with Crippen LogP contribution in [0.1, 0.15) is 69.2 Å². The third kappa shape index (κ3) is 4.52. The predicted octanol–water partition coefficient (Wildman–Crippen LogP) is 7.33. The highest BCUT2D eigenvalue weighted by molar-refractivity contribution is 6.36. The molecule has 0 atom stereocenters. The minimum absolute atomic E-state index is 0.309. The van der Waals surface area contributed by atoms with E-state index < -0.39 is 23.6 Å². The average molecular weight is 621 g/mol. The molecule has 8 nitrogen and oxygen atoms in total. The number of fused-ring (bicyclic) bond motifs is 2. The molecule has 0 saturated heterocycles. The lowest BCUT2D eigenvalue weighted by Gasteiger charge is -2.20. The number of nitrogens with zero attached hydrogens (tertiary/aromatic N) is 2. The summed E-state index contributed by atoms with van der Waals surface area (Å²) in [4.78, 5) is 56.6. The van der Waals surface area contributed by atoms with E-state index in [1.54, 1.807) is 49.4 Å². The van der Waals surface area contributed by atoms with E-state index in [0.29, 0.717) is 39.2 Å². The van der Waals surface area contributed by atoms with Gasteiger partial charge in [0.2, 0.25) is 0 Å². The fourth-order valence-electron chi connectivity index (χ4n) is 6.61. The Labute approximate surface area is 272 Å². The summed E-state index contributed by atoms with van der Waals surface area (Å²) in [6.45, 7) is 9.48. The molecule has 0 fully saturated rings. The number of aryl methyl sites for hydroxylation is 5. The molecule has 7 rings (SSSR count). The zero-order chi connectivity index (χ0) is 33.5. The fraction of sp³-hybridized carbons (Fsp3) is 0.128. The number of anilines is 4. The van der Waals surface area contributed by atoms with Gasteiger partial charge in [-0.3, -0.25) is 19.2 Å². The van der Waals surface area contributed by atoms with Gasteiger partial charge in [0.15, 0.2) is 0 Å². The van der Waals surface area contributed by atoms with Crippen LogP contribution in [0.25, 0.3) is 22.3 Å². The third-order valence-electron chi connectivity index (χ3n) is 9.31. The maximum atomic E-state index is 13.7. The molecule has 0 aliphatic carbocycles. The minimum Gasteiger partial charge on any atom is -0.398 e. The molecule has 5 aromatic carbocycles. The zero-order valence-corrected chi connectivity index (χ0v) is 26.7. The largest absolute Gasteiger partial charge is 0.398 e. The number of hydrogen-bond acceptors (Lipinski definition) is 6. The van der Waals surface area contributed by atoms with Gasteiger partial charge in [0.1, 0.15) is 0 Å². The van der Waals surface area contributed by atoms with Crippen molar-refractivity contribution in [2.24, 2.45) is 0 Å². The molecule has 8 heteroatoms. The molecule has 0 radical (unpaired) electrons. The maximum absolute atomic E-state index is 13.7. The van der Waals surface area contributed by atoms with Gasteiger partial charge in [0.05, 0.1) is 33.6 Å². The van der Waals surface area contributed by atoms with Crippen molar-refractivity contribution in [2.45, 2.75) is 34.6 Å².